The molecule has 0 bridgehead atoms. The zero-order valence-electron chi connectivity index (χ0n) is 16.5. The third-order valence-electron chi connectivity index (χ3n) is 4.64. The Morgan fingerprint density at radius 2 is 1.89 bits per heavy atom. The van der Waals surface area contributed by atoms with Crippen LogP contribution in [0, 0.1) is 13.8 Å². The van der Waals surface area contributed by atoms with Crippen molar-refractivity contribution in [3.05, 3.63) is 47.2 Å². The highest BCUT2D eigenvalue weighted by molar-refractivity contribution is 6.06. The molecule has 0 aliphatic rings. The van der Waals surface area contributed by atoms with E-state index in [1.165, 1.54) is 7.11 Å². The van der Waals surface area contributed by atoms with E-state index in [9.17, 15) is 9.59 Å². The van der Waals surface area contributed by atoms with Gasteiger partial charge in [-0.25, -0.2) is 4.98 Å². The second-order valence-corrected chi connectivity index (χ2v) is 6.78. The minimum atomic E-state index is -0.288. The fourth-order valence-electron chi connectivity index (χ4n) is 3.01. The molecule has 0 radical (unpaired) electrons. The topological polar surface area (TPSA) is 85.5 Å². The smallest absolute Gasteiger partial charge is 0.305 e. The first-order chi connectivity index (χ1) is 13.4. The van der Waals surface area contributed by atoms with E-state index in [1.54, 1.807) is 24.9 Å². The number of amides is 1. The quantitative estimate of drug-likeness (QED) is 0.607. The second-order valence-electron chi connectivity index (χ2n) is 6.78. The number of aryl methyl sites for hydroxylation is 2. The molecule has 146 valence electrons. The number of benzene rings is 1. The van der Waals surface area contributed by atoms with Crippen LogP contribution in [-0.4, -0.2) is 47.6 Å². The molecule has 0 spiro atoms. The molecule has 0 atom stereocenters. The van der Waals surface area contributed by atoms with Gasteiger partial charge >= 0.3 is 5.97 Å². The molecule has 0 saturated carbocycles. The number of esters is 1. The fraction of sp³-hybridized carbons (Fsp3) is 0.333. The predicted octanol–water partition coefficient (Wildman–Crippen LogP) is 3.53. The fourth-order valence-corrected chi connectivity index (χ4v) is 3.01. The summed E-state index contributed by atoms with van der Waals surface area (Å²) in [7, 11) is 3.06. The summed E-state index contributed by atoms with van der Waals surface area (Å²) in [5, 5.41) is 4.59. The largest absolute Gasteiger partial charge is 0.469 e. The average Bonchev–Trinajstić information content (AvgIpc) is 3.08. The maximum atomic E-state index is 13.1. The van der Waals surface area contributed by atoms with Crippen molar-refractivity contribution in [2.75, 3.05) is 20.7 Å². The number of fused-ring (bicyclic) bond motifs is 1. The van der Waals surface area contributed by atoms with Crippen LogP contribution in [-0.2, 0) is 9.53 Å². The van der Waals surface area contributed by atoms with Gasteiger partial charge in [0.05, 0.1) is 29.4 Å². The molecule has 1 amide bonds. The molecule has 1 aromatic carbocycles. The highest BCUT2D eigenvalue weighted by Gasteiger charge is 2.22. The van der Waals surface area contributed by atoms with Crippen LogP contribution in [0.3, 0.4) is 0 Å². The molecule has 3 aromatic rings. The van der Waals surface area contributed by atoms with Gasteiger partial charge in [-0.1, -0.05) is 35.0 Å². The zero-order valence-corrected chi connectivity index (χ0v) is 16.5. The normalized spacial score (nSPS) is 10.9. The highest BCUT2D eigenvalue weighted by atomic mass is 16.5. The molecule has 0 N–H and O–H groups in total. The van der Waals surface area contributed by atoms with E-state index in [0.29, 0.717) is 41.0 Å². The number of aromatic nitrogens is 2. The Kier molecular flexibility index (Phi) is 5.73. The minimum Gasteiger partial charge on any atom is -0.469 e. The van der Waals surface area contributed by atoms with Crippen LogP contribution in [0.4, 0.5) is 0 Å². The van der Waals surface area contributed by atoms with E-state index in [-0.39, 0.29) is 18.3 Å². The van der Waals surface area contributed by atoms with Crippen molar-refractivity contribution in [3.63, 3.8) is 0 Å². The van der Waals surface area contributed by atoms with Crippen LogP contribution in [0.1, 0.15) is 34.5 Å². The molecule has 7 heteroatoms. The molecule has 2 heterocycles. The van der Waals surface area contributed by atoms with E-state index in [1.807, 2.05) is 31.2 Å². The van der Waals surface area contributed by atoms with Crippen LogP contribution in [0.15, 0.2) is 34.9 Å². The number of hydrogen-bond acceptors (Lipinski definition) is 6. The second kappa shape index (κ2) is 8.21. The Hall–Kier alpha value is -3.22. The van der Waals surface area contributed by atoms with E-state index in [4.69, 9.17) is 4.52 Å². The van der Waals surface area contributed by atoms with E-state index < -0.39 is 0 Å². The van der Waals surface area contributed by atoms with Gasteiger partial charge in [-0.3, -0.25) is 9.59 Å². The molecule has 0 saturated heterocycles. The van der Waals surface area contributed by atoms with Gasteiger partial charge in [-0.2, -0.15) is 0 Å². The standard InChI is InChI=1S/C21H23N3O4/c1-13-7-9-15(10-8-13)17-12-16(19-14(2)23-28-20(19)22-17)21(26)24(3)11-5-6-18(25)27-4/h7-10,12H,5-6,11H2,1-4H3. The average molecular weight is 381 g/mol. The zero-order chi connectivity index (χ0) is 20.3. The van der Waals surface area contributed by atoms with Crippen molar-refractivity contribution >= 4 is 23.0 Å². The third kappa shape index (κ3) is 4.03. The minimum absolute atomic E-state index is 0.170. The molecule has 0 aliphatic heterocycles. The van der Waals surface area contributed by atoms with E-state index in [0.717, 1.165) is 11.1 Å². The summed E-state index contributed by atoms with van der Waals surface area (Å²) in [4.78, 5) is 30.5. The van der Waals surface area contributed by atoms with Crippen molar-refractivity contribution in [1.82, 2.24) is 15.0 Å². The molecule has 28 heavy (non-hydrogen) atoms. The number of hydrogen-bond donors (Lipinski definition) is 0. The van der Waals surface area contributed by atoms with Gasteiger partial charge in [-0.05, 0) is 26.3 Å². The molecule has 7 nitrogen and oxygen atoms in total. The van der Waals surface area contributed by atoms with Crippen molar-refractivity contribution in [2.24, 2.45) is 0 Å². The number of methoxy groups -OCH3 is 1. The number of rotatable bonds is 6. The SMILES string of the molecule is COC(=O)CCCN(C)C(=O)c1cc(-c2ccc(C)cc2)nc2onc(C)c12. The lowest BCUT2D eigenvalue weighted by molar-refractivity contribution is -0.140. The van der Waals surface area contributed by atoms with Gasteiger partial charge in [0.2, 0.25) is 0 Å². The van der Waals surface area contributed by atoms with Crippen LogP contribution in [0.5, 0.6) is 0 Å². The molecule has 2 aromatic heterocycles. The van der Waals surface area contributed by atoms with E-state index >= 15 is 0 Å². The Bertz CT molecular complexity index is 1010. The van der Waals surface area contributed by atoms with Gasteiger partial charge in [0, 0.05) is 25.6 Å². The number of nitrogens with zero attached hydrogens (tertiary/aromatic N) is 3. The molecule has 3 rings (SSSR count). The summed E-state index contributed by atoms with van der Waals surface area (Å²) in [5.41, 5.74) is 4.12. The Balaban J connectivity index is 1.94. The summed E-state index contributed by atoms with van der Waals surface area (Å²) in [5.74, 6) is -0.458. The molecule has 0 aliphatic carbocycles. The van der Waals surface area contributed by atoms with Crippen molar-refractivity contribution in [1.29, 1.82) is 0 Å². The Morgan fingerprint density at radius 1 is 1.18 bits per heavy atom. The van der Waals surface area contributed by atoms with Gasteiger partial charge < -0.3 is 14.2 Å². The summed E-state index contributed by atoms with van der Waals surface area (Å²) in [6, 6.07) is 9.68. The lowest BCUT2D eigenvalue weighted by Gasteiger charge is -2.18. The molecule has 0 fully saturated rings. The maximum absolute atomic E-state index is 13.1. The number of carbonyl (C=O) groups excluding carboxylic acids is 2. The highest BCUT2D eigenvalue weighted by Crippen LogP contribution is 2.28. The molecular formula is C21H23N3O4. The van der Waals surface area contributed by atoms with Crippen molar-refractivity contribution < 1.29 is 18.8 Å². The number of carbonyl (C=O) groups is 2. The third-order valence-corrected chi connectivity index (χ3v) is 4.64. The summed E-state index contributed by atoms with van der Waals surface area (Å²) < 4.78 is 9.98. The van der Waals surface area contributed by atoms with Gasteiger partial charge in [0.15, 0.2) is 0 Å². The monoisotopic (exact) mass is 381 g/mol. The van der Waals surface area contributed by atoms with Crippen LogP contribution in [0.25, 0.3) is 22.4 Å². The van der Waals surface area contributed by atoms with Crippen LogP contribution < -0.4 is 0 Å². The Morgan fingerprint density at radius 3 is 2.57 bits per heavy atom. The van der Waals surface area contributed by atoms with Gasteiger partial charge in [-0.15, -0.1) is 0 Å². The lowest BCUT2D eigenvalue weighted by Crippen LogP contribution is -2.28. The molecule has 0 unspecified atom stereocenters. The first-order valence-corrected chi connectivity index (χ1v) is 9.07. The van der Waals surface area contributed by atoms with Gasteiger partial charge in [0.1, 0.15) is 0 Å². The summed E-state index contributed by atoms with van der Waals surface area (Å²) in [6.45, 7) is 4.23. The van der Waals surface area contributed by atoms with Crippen LogP contribution >= 0.6 is 0 Å². The first-order valence-electron chi connectivity index (χ1n) is 9.07. The van der Waals surface area contributed by atoms with Crippen LogP contribution in [0.2, 0.25) is 0 Å². The Labute approximate surface area is 163 Å². The predicted molar refractivity (Wildman–Crippen MR) is 105 cm³/mol. The number of pyridine rings is 1. The van der Waals surface area contributed by atoms with Gasteiger partial charge in [0.25, 0.3) is 11.6 Å². The lowest BCUT2D eigenvalue weighted by atomic mass is 10.0. The molecular weight excluding hydrogens is 358 g/mol. The summed E-state index contributed by atoms with van der Waals surface area (Å²) >= 11 is 0. The summed E-state index contributed by atoms with van der Waals surface area (Å²) in [6.07, 6.45) is 0.789. The van der Waals surface area contributed by atoms with Crippen molar-refractivity contribution in [2.45, 2.75) is 26.7 Å². The number of ether oxygens (including phenoxy) is 1. The van der Waals surface area contributed by atoms with E-state index in [2.05, 4.69) is 14.9 Å². The maximum Gasteiger partial charge on any atom is 0.305 e. The van der Waals surface area contributed by atoms with Crippen molar-refractivity contribution in [3.8, 4) is 11.3 Å². The first kappa shape index (κ1) is 19.5.